The summed E-state index contributed by atoms with van der Waals surface area (Å²) in [5.41, 5.74) is 6.01. The fourth-order valence-electron chi connectivity index (χ4n) is 2.23. The smallest absolute Gasteiger partial charge is 0.269 e. The summed E-state index contributed by atoms with van der Waals surface area (Å²) in [6.07, 6.45) is 2.95. The molecule has 0 unspecified atom stereocenters. The lowest BCUT2D eigenvalue weighted by atomic mass is 10.2. The van der Waals surface area contributed by atoms with Gasteiger partial charge in [-0.25, -0.2) is 0 Å². The van der Waals surface area contributed by atoms with Gasteiger partial charge in [0, 0.05) is 11.6 Å². The standard InChI is InChI=1S/C20H21N3O5S/c1-26-15-8-4-13(5-9-15)6-11-18(24)21-20(29)23-22-19(25)14-7-10-16(27-2)17(12-14)28-3/h4-12H,1-3H3,(H,22,25)(H2,21,23,24,29)/b11-6+. The zero-order chi connectivity index (χ0) is 21.2. The second-order valence-electron chi connectivity index (χ2n) is 5.57. The molecule has 0 saturated carbocycles. The maximum Gasteiger partial charge on any atom is 0.269 e. The van der Waals surface area contributed by atoms with Crippen molar-refractivity contribution in [3.8, 4) is 17.2 Å². The first-order valence-electron chi connectivity index (χ1n) is 8.42. The van der Waals surface area contributed by atoms with Crippen molar-refractivity contribution in [3.63, 3.8) is 0 Å². The van der Waals surface area contributed by atoms with Crippen molar-refractivity contribution in [2.45, 2.75) is 0 Å². The Morgan fingerprint density at radius 2 is 1.59 bits per heavy atom. The van der Waals surface area contributed by atoms with Gasteiger partial charge in [-0.15, -0.1) is 0 Å². The van der Waals surface area contributed by atoms with E-state index < -0.39 is 11.8 Å². The highest BCUT2D eigenvalue weighted by Gasteiger charge is 2.11. The Labute approximate surface area is 173 Å². The molecular formula is C20H21N3O5S. The number of thiocarbonyl (C=S) groups is 1. The Balaban J connectivity index is 1.84. The molecule has 3 N–H and O–H groups in total. The first-order chi connectivity index (χ1) is 14.0. The van der Waals surface area contributed by atoms with Gasteiger partial charge in [0.2, 0.25) is 5.91 Å². The summed E-state index contributed by atoms with van der Waals surface area (Å²) < 4.78 is 15.4. The predicted molar refractivity (Wildman–Crippen MR) is 113 cm³/mol. The molecule has 0 bridgehead atoms. The van der Waals surface area contributed by atoms with E-state index in [1.807, 2.05) is 12.1 Å². The van der Waals surface area contributed by atoms with E-state index in [-0.39, 0.29) is 5.11 Å². The first-order valence-corrected chi connectivity index (χ1v) is 8.83. The van der Waals surface area contributed by atoms with Crippen LogP contribution < -0.4 is 30.4 Å². The van der Waals surface area contributed by atoms with Crippen LogP contribution in [-0.4, -0.2) is 38.3 Å². The number of methoxy groups -OCH3 is 3. The number of carbonyl (C=O) groups is 2. The third-order valence-electron chi connectivity index (χ3n) is 3.71. The molecule has 0 fully saturated rings. The fourth-order valence-corrected chi connectivity index (χ4v) is 2.39. The minimum atomic E-state index is -0.462. The number of hydrogen-bond donors (Lipinski definition) is 3. The molecule has 0 aliphatic carbocycles. The van der Waals surface area contributed by atoms with E-state index >= 15 is 0 Å². The molecule has 8 nitrogen and oxygen atoms in total. The van der Waals surface area contributed by atoms with Gasteiger partial charge in [0.05, 0.1) is 21.3 Å². The number of hydrogen-bond acceptors (Lipinski definition) is 6. The highest BCUT2D eigenvalue weighted by Crippen LogP contribution is 2.27. The number of nitrogens with one attached hydrogen (secondary N) is 3. The van der Waals surface area contributed by atoms with Gasteiger partial charge < -0.3 is 14.2 Å². The van der Waals surface area contributed by atoms with Crippen molar-refractivity contribution < 1.29 is 23.8 Å². The second-order valence-corrected chi connectivity index (χ2v) is 5.98. The van der Waals surface area contributed by atoms with Gasteiger partial charge in [-0.3, -0.25) is 25.8 Å². The maximum atomic E-state index is 12.2. The minimum Gasteiger partial charge on any atom is -0.497 e. The van der Waals surface area contributed by atoms with Gasteiger partial charge in [-0.1, -0.05) is 12.1 Å². The molecule has 0 aromatic heterocycles. The van der Waals surface area contributed by atoms with Crippen LogP contribution in [0.2, 0.25) is 0 Å². The molecule has 0 spiro atoms. The lowest BCUT2D eigenvalue weighted by molar-refractivity contribution is -0.115. The normalized spacial score (nSPS) is 10.2. The van der Waals surface area contributed by atoms with E-state index in [0.29, 0.717) is 17.1 Å². The molecule has 2 aromatic carbocycles. The van der Waals surface area contributed by atoms with E-state index in [9.17, 15) is 9.59 Å². The molecule has 0 aliphatic heterocycles. The van der Waals surface area contributed by atoms with Gasteiger partial charge in [0.25, 0.3) is 5.91 Å². The predicted octanol–water partition coefficient (Wildman–Crippen LogP) is 2.06. The first kappa shape index (κ1) is 21.7. The van der Waals surface area contributed by atoms with Crippen LogP contribution in [0, 0.1) is 0 Å². The van der Waals surface area contributed by atoms with Crippen molar-refractivity contribution >= 4 is 35.2 Å². The van der Waals surface area contributed by atoms with Gasteiger partial charge in [0.15, 0.2) is 16.6 Å². The van der Waals surface area contributed by atoms with Gasteiger partial charge >= 0.3 is 0 Å². The van der Waals surface area contributed by atoms with Crippen LogP contribution in [0.1, 0.15) is 15.9 Å². The van der Waals surface area contributed by atoms with E-state index in [1.54, 1.807) is 37.5 Å². The molecule has 2 amide bonds. The molecule has 0 heterocycles. The second kappa shape index (κ2) is 10.7. The molecular weight excluding hydrogens is 394 g/mol. The minimum absolute atomic E-state index is 0.0526. The van der Waals surface area contributed by atoms with Gasteiger partial charge in [-0.05, 0) is 54.2 Å². The van der Waals surface area contributed by atoms with Crippen molar-refractivity contribution in [3.05, 3.63) is 59.7 Å². The molecule has 9 heteroatoms. The van der Waals surface area contributed by atoms with Crippen molar-refractivity contribution in [1.29, 1.82) is 0 Å². The molecule has 2 aromatic rings. The Morgan fingerprint density at radius 3 is 2.21 bits per heavy atom. The summed E-state index contributed by atoms with van der Waals surface area (Å²) in [6.45, 7) is 0. The highest BCUT2D eigenvalue weighted by atomic mass is 32.1. The summed E-state index contributed by atoms with van der Waals surface area (Å²) in [5.74, 6) is 0.736. The zero-order valence-electron chi connectivity index (χ0n) is 16.1. The largest absolute Gasteiger partial charge is 0.497 e. The van der Waals surface area contributed by atoms with Crippen LogP contribution in [0.3, 0.4) is 0 Å². The lowest BCUT2D eigenvalue weighted by Gasteiger charge is -2.11. The van der Waals surface area contributed by atoms with Crippen molar-refractivity contribution in [2.75, 3.05) is 21.3 Å². The molecule has 0 atom stereocenters. The SMILES string of the molecule is COc1ccc(/C=C/C(=O)NC(=S)NNC(=O)c2ccc(OC)c(OC)c2)cc1. The molecule has 0 aliphatic rings. The number of carbonyl (C=O) groups excluding carboxylic acids is 2. The summed E-state index contributed by atoms with van der Waals surface area (Å²) in [5, 5.41) is 2.38. The molecule has 2 rings (SSSR count). The van der Waals surface area contributed by atoms with Crippen molar-refractivity contribution in [1.82, 2.24) is 16.2 Å². The van der Waals surface area contributed by atoms with E-state index in [0.717, 1.165) is 11.3 Å². The molecule has 0 saturated heterocycles. The number of benzene rings is 2. The molecule has 152 valence electrons. The summed E-state index contributed by atoms with van der Waals surface area (Å²) in [7, 11) is 4.56. The highest BCUT2D eigenvalue weighted by molar-refractivity contribution is 7.80. The fraction of sp³-hybridized carbons (Fsp3) is 0.150. The maximum absolute atomic E-state index is 12.2. The van der Waals surface area contributed by atoms with Crippen LogP contribution in [0.15, 0.2) is 48.5 Å². The van der Waals surface area contributed by atoms with Crippen molar-refractivity contribution in [2.24, 2.45) is 0 Å². The monoisotopic (exact) mass is 415 g/mol. The molecule has 29 heavy (non-hydrogen) atoms. The van der Waals surface area contributed by atoms with Crippen LogP contribution >= 0.6 is 12.2 Å². The number of amides is 2. The number of hydrazine groups is 1. The Hall–Kier alpha value is -3.59. The van der Waals surface area contributed by atoms with Gasteiger partial charge in [0.1, 0.15) is 5.75 Å². The third-order valence-corrected chi connectivity index (χ3v) is 3.92. The third kappa shape index (κ3) is 6.51. The van der Waals surface area contributed by atoms with Crippen LogP contribution in [0.4, 0.5) is 0 Å². The summed E-state index contributed by atoms with van der Waals surface area (Å²) in [6, 6.07) is 11.9. The number of ether oxygens (including phenoxy) is 3. The van der Waals surface area contributed by atoms with E-state index in [4.69, 9.17) is 26.4 Å². The quantitative estimate of drug-likeness (QED) is 0.377. The average Bonchev–Trinajstić information content (AvgIpc) is 2.75. The summed E-state index contributed by atoms with van der Waals surface area (Å²) in [4.78, 5) is 24.1. The van der Waals surface area contributed by atoms with Crippen LogP contribution in [-0.2, 0) is 4.79 Å². The van der Waals surface area contributed by atoms with Gasteiger partial charge in [-0.2, -0.15) is 0 Å². The Morgan fingerprint density at radius 1 is 0.897 bits per heavy atom. The Bertz CT molecular complexity index is 913. The number of rotatable bonds is 6. The van der Waals surface area contributed by atoms with E-state index in [1.165, 1.54) is 26.4 Å². The summed E-state index contributed by atoms with van der Waals surface area (Å²) >= 11 is 5.00. The average molecular weight is 415 g/mol. The zero-order valence-corrected chi connectivity index (χ0v) is 17.0. The lowest BCUT2D eigenvalue weighted by Crippen LogP contribution is -2.48. The van der Waals surface area contributed by atoms with Crippen LogP contribution in [0.5, 0.6) is 17.2 Å². The molecule has 0 radical (unpaired) electrons. The Kier molecular flexibility index (Phi) is 7.99. The van der Waals surface area contributed by atoms with Crippen LogP contribution in [0.25, 0.3) is 6.08 Å². The van der Waals surface area contributed by atoms with E-state index in [2.05, 4.69) is 16.2 Å². The topological polar surface area (TPSA) is 97.9 Å².